The topological polar surface area (TPSA) is 38.3 Å². The highest BCUT2D eigenvalue weighted by Crippen LogP contribution is 2.27. The van der Waals surface area contributed by atoms with E-state index in [0.717, 1.165) is 6.54 Å². The van der Waals surface area contributed by atoms with Gasteiger partial charge in [0.25, 0.3) is 0 Å². The average molecular weight is 273 g/mol. The van der Waals surface area contributed by atoms with Crippen LogP contribution in [0.25, 0.3) is 0 Å². The first-order valence-electron chi connectivity index (χ1n) is 5.71. The fourth-order valence-electron chi connectivity index (χ4n) is 1.42. The molecule has 1 N–H and O–H groups in total. The summed E-state index contributed by atoms with van der Waals surface area (Å²) >= 11 is 3.37. The van der Waals surface area contributed by atoms with E-state index in [1.54, 1.807) is 23.1 Å². The van der Waals surface area contributed by atoms with Crippen molar-refractivity contribution < 1.29 is 9.53 Å². The van der Waals surface area contributed by atoms with E-state index in [1.807, 2.05) is 32.2 Å². The van der Waals surface area contributed by atoms with Crippen molar-refractivity contribution in [1.82, 2.24) is 5.32 Å². The van der Waals surface area contributed by atoms with Gasteiger partial charge in [0.05, 0.1) is 10.8 Å². The van der Waals surface area contributed by atoms with Crippen LogP contribution in [0.3, 0.4) is 0 Å². The van der Waals surface area contributed by atoms with E-state index in [4.69, 9.17) is 4.74 Å². The molecule has 1 aromatic heterocycles. The lowest BCUT2D eigenvalue weighted by atomic mass is 10.1. The number of carbonyl (C=O) groups is 1. The number of ether oxygens (including phenoxy) is 1. The molecule has 0 aliphatic carbocycles. The number of hydrogen-bond donors (Lipinski definition) is 1. The summed E-state index contributed by atoms with van der Waals surface area (Å²) in [5, 5.41) is 5.25. The SMILES string of the molecule is CCNC(C)(CSc1cccs1)C(=O)OCC. The largest absolute Gasteiger partial charge is 0.465 e. The van der Waals surface area contributed by atoms with Crippen molar-refractivity contribution in [3.8, 4) is 0 Å². The predicted octanol–water partition coefficient (Wildman–Crippen LogP) is 2.77. The summed E-state index contributed by atoms with van der Waals surface area (Å²) in [4.78, 5) is 11.9. The van der Waals surface area contributed by atoms with Crippen LogP contribution in [0.2, 0.25) is 0 Å². The van der Waals surface area contributed by atoms with E-state index < -0.39 is 5.54 Å². The summed E-state index contributed by atoms with van der Waals surface area (Å²) in [6, 6.07) is 4.08. The molecule has 0 saturated carbocycles. The highest BCUT2D eigenvalue weighted by atomic mass is 32.2. The van der Waals surface area contributed by atoms with Crippen LogP contribution in [0.4, 0.5) is 0 Å². The summed E-state index contributed by atoms with van der Waals surface area (Å²) in [5.74, 6) is 0.506. The van der Waals surface area contributed by atoms with Crippen LogP contribution in [0, 0.1) is 0 Å². The number of rotatable bonds is 7. The van der Waals surface area contributed by atoms with E-state index in [0.29, 0.717) is 12.4 Å². The first-order chi connectivity index (χ1) is 8.12. The van der Waals surface area contributed by atoms with Gasteiger partial charge in [0.2, 0.25) is 0 Å². The van der Waals surface area contributed by atoms with Crippen LogP contribution >= 0.6 is 23.1 Å². The summed E-state index contributed by atoms with van der Waals surface area (Å²) in [5.41, 5.74) is -0.612. The quantitative estimate of drug-likeness (QED) is 0.612. The number of thioether (sulfide) groups is 1. The predicted molar refractivity (Wildman–Crippen MR) is 73.8 cm³/mol. The Labute approximate surface area is 111 Å². The van der Waals surface area contributed by atoms with Crippen LogP contribution in [0.1, 0.15) is 20.8 Å². The third-order valence-electron chi connectivity index (χ3n) is 2.29. The van der Waals surface area contributed by atoms with Crippen molar-refractivity contribution in [2.24, 2.45) is 0 Å². The van der Waals surface area contributed by atoms with Gasteiger partial charge >= 0.3 is 5.97 Å². The molecular formula is C12H19NO2S2. The van der Waals surface area contributed by atoms with Gasteiger partial charge in [0, 0.05) is 5.75 Å². The first-order valence-corrected chi connectivity index (χ1v) is 7.57. The lowest BCUT2D eigenvalue weighted by molar-refractivity contribution is -0.149. The van der Waals surface area contributed by atoms with Gasteiger partial charge in [-0.25, -0.2) is 0 Å². The minimum Gasteiger partial charge on any atom is -0.465 e. The van der Waals surface area contributed by atoms with Crippen molar-refractivity contribution in [2.75, 3.05) is 18.9 Å². The molecule has 0 aliphatic heterocycles. The molecule has 0 saturated heterocycles. The third kappa shape index (κ3) is 4.33. The Morgan fingerprint density at radius 2 is 2.35 bits per heavy atom. The lowest BCUT2D eigenvalue weighted by Gasteiger charge is -2.27. The van der Waals surface area contributed by atoms with Crippen LogP contribution < -0.4 is 5.32 Å². The van der Waals surface area contributed by atoms with E-state index in [1.165, 1.54) is 4.21 Å². The maximum absolute atomic E-state index is 11.9. The molecule has 5 heteroatoms. The van der Waals surface area contributed by atoms with Crippen LogP contribution in [-0.4, -0.2) is 30.4 Å². The van der Waals surface area contributed by atoms with E-state index in [2.05, 4.69) is 11.4 Å². The van der Waals surface area contributed by atoms with Gasteiger partial charge in [-0.15, -0.1) is 23.1 Å². The summed E-state index contributed by atoms with van der Waals surface area (Å²) in [7, 11) is 0. The molecule has 1 atom stereocenters. The average Bonchev–Trinajstić information content (AvgIpc) is 2.80. The van der Waals surface area contributed by atoms with Crippen LogP contribution in [-0.2, 0) is 9.53 Å². The van der Waals surface area contributed by atoms with Gasteiger partial charge in [-0.2, -0.15) is 0 Å². The Balaban J connectivity index is 2.60. The molecule has 0 aromatic carbocycles. The van der Waals surface area contributed by atoms with Gasteiger partial charge in [0.1, 0.15) is 5.54 Å². The molecule has 0 fully saturated rings. The van der Waals surface area contributed by atoms with E-state index in [-0.39, 0.29) is 5.97 Å². The second kappa shape index (κ2) is 7.03. The molecular weight excluding hydrogens is 254 g/mol. The second-order valence-corrected chi connectivity index (χ2v) is 6.03. The summed E-state index contributed by atoms with van der Waals surface area (Å²) in [6.07, 6.45) is 0. The normalized spacial score (nSPS) is 14.3. The number of esters is 1. The van der Waals surface area contributed by atoms with Gasteiger partial charge in [-0.05, 0) is 31.8 Å². The molecule has 1 rings (SSSR count). The molecule has 0 radical (unpaired) electrons. The molecule has 1 heterocycles. The molecule has 0 amide bonds. The molecule has 17 heavy (non-hydrogen) atoms. The van der Waals surface area contributed by atoms with E-state index >= 15 is 0 Å². The zero-order chi connectivity index (χ0) is 12.7. The number of carbonyl (C=O) groups excluding carboxylic acids is 1. The number of nitrogens with one attached hydrogen (secondary N) is 1. The zero-order valence-corrected chi connectivity index (χ0v) is 12.1. The van der Waals surface area contributed by atoms with Gasteiger partial charge in [0.15, 0.2) is 0 Å². The summed E-state index contributed by atoms with van der Waals surface area (Å²) in [6.45, 7) is 6.89. The minimum absolute atomic E-state index is 0.175. The second-order valence-electron chi connectivity index (χ2n) is 3.80. The number of hydrogen-bond acceptors (Lipinski definition) is 5. The smallest absolute Gasteiger partial charge is 0.326 e. The number of likely N-dealkylation sites (N-methyl/N-ethyl adjacent to an activating group) is 1. The van der Waals surface area contributed by atoms with Crippen LogP contribution in [0.15, 0.2) is 21.7 Å². The zero-order valence-electron chi connectivity index (χ0n) is 10.5. The number of thiophene rings is 1. The monoisotopic (exact) mass is 273 g/mol. The maximum Gasteiger partial charge on any atom is 0.326 e. The van der Waals surface area contributed by atoms with Gasteiger partial charge < -0.3 is 10.1 Å². The van der Waals surface area contributed by atoms with Crippen molar-refractivity contribution in [1.29, 1.82) is 0 Å². The van der Waals surface area contributed by atoms with Crippen molar-refractivity contribution in [3.05, 3.63) is 17.5 Å². The van der Waals surface area contributed by atoms with Crippen molar-refractivity contribution in [3.63, 3.8) is 0 Å². The van der Waals surface area contributed by atoms with E-state index in [9.17, 15) is 4.79 Å². The Morgan fingerprint density at radius 3 is 2.88 bits per heavy atom. The molecule has 96 valence electrons. The highest BCUT2D eigenvalue weighted by Gasteiger charge is 2.33. The van der Waals surface area contributed by atoms with Gasteiger partial charge in [-0.3, -0.25) is 4.79 Å². The fourth-order valence-corrected chi connectivity index (χ4v) is 3.31. The molecule has 0 aliphatic rings. The molecule has 0 bridgehead atoms. The van der Waals surface area contributed by atoms with Crippen molar-refractivity contribution in [2.45, 2.75) is 30.5 Å². The molecule has 1 unspecified atom stereocenters. The van der Waals surface area contributed by atoms with Gasteiger partial charge in [-0.1, -0.05) is 13.0 Å². The lowest BCUT2D eigenvalue weighted by Crippen LogP contribution is -2.52. The highest BCUT2D eigenvalue weighted by molar-refractivity contribution is 8.01. The fraction of sp³-hybridized carbons (Fsp3) is 0.583. The minimum atomic E-state index is -0.612. The molecule has 0 spiro atoms. The van der Waals surface area contributed by atoms with Crippen LogP contribution in [0.5, 0.6) is 0 Å². The molecule has 3 nitrogen and oxygen atoms in total. The molecule has 1 aromatic rings. The Kier molecular flexibility index (Phi) is 6.02. The first kappa shape index (κ1) is 14.5. The standard InChI is InChI=1S/C12H19NO2S2/c1-4-13-12(3,11(14)15-5-2)9-17-10-7-6-8-16-10/h6-8,13H,4-5,9H2,1-3H3. The Morgan fingerprint density at radius 1 is 1.59 bits per heavy atom. The maximum atomic E-state index is 11.9. The van der Waals surface area contributed by atoms with Crippen molar-refractivity contribution >= 4 is 29.1 Å². The third-order valence-corrected chi connectivity index (χ3v) is 4.74. The summed E-state index contributed by atoms with van der Waals surface area (Å²) < 4.78 is 6.34. The Hall–Kier alpha value is -0.520. The Bertz CT molecular complexity index is 340.